The first-order valence-electron chi connectivity index (χ1n) is 8.62. The maximum absolute atomic E-state index is 13.7. The highest BCUT2D eigenvalue weighted by Gasteiger charge is 2.14. The highest BCUT2D eigenvalue weighted by molar-refractivity contribution is 6.06. The molecule has 0 saturated heterocycles. The van der Waals surface area contributed by atoms with E-state index in [1.165, 1.54) is 0 Å². The Morgan fingerprint density at radius 1 is 0.900 bits per heavy atom. The van der Waals surface area contributed by atoms with E-state index in [9.17, 15) is 18.0 Å². The van der Waals surface area contributed by atoms with Crippen LogP contribution in [0.1, 0.15) is 0 Å². The van der Waals surface area contributed by atoms with Crippen molar-refractivity contribution < 1.29 is 22.7 Å². The Morgan fingerprint density at radius 3 is 2.23 bits per heavy atom. The number of ether oxygens (including phenoxy) is 1. The zero-order valence-electron chi connectivity index (χ0n) is 15.3. The van der Waals surface area contributed by atoms with Crippen LogP contribution < -0.4 is 15.4 Å². The molecule has 3 aromatic carbocycles. The maximum atomic E-state index is 13.7. The van der Waals surface area contributed by atoms with Gasteiger partial charge in [-0.05, 0) is 48.5 Å². The van der Waals surface area contributed by atoms with Crippen LogP contribution in [0.4, 0.5) is 24.5 Å². The minimum absolute atomic E-state index is 0.389. The summed E-state index contributed by atoms with van der Waals surface area (Å²) in [5.74, 6) is -4.04. The molecule has 0 bridgehead atoms. The molecule has 0 aliphatic heterocycles. The number of rotatable bonds is 6. The second-order valence-corrected chi connectivity index (χ2v) is 5.93. The Labute approximate surface area is 170 Å². The van der Waals surface area contributed by atoms with Gasteiger partial charge in [-0.15, -0.1) is 0 Å². The quantitative estimate of drug-likeness (QED) is 0.327. The second kappa shape index (κ2) is 9.30. The minimum atomic E-state index is -1.66. The molecule has 0 aliphatic rings. The largest absolute Gasteiger partial charge is 0.457 e. The standard InChI is InChI=1S/C22H14F3N3O2/c23-18-10-11-19(21(25)20(18)24)27-13-14(12-26)22(29)28-15-6-8-17(9-7-15)30-16-4-2-1-3-5-16/h1-11,13,27H,(H,28,29)/b14-13-. The van der Waals surface area contributed by atoms with E-state index in [2.05, 4.69) is 10.6 Å². The number of hydrogen-bond acceptors (Lipinski definition) is 4. The minimum Gasteiger partial charge on any atom is -0.457 e. The fourth-order valence-corrected chi connectivity index (χ4v) is 2.37. The Balaban J connectivity index is 1.65. The molecule has 3 rings (SSSR count). The van der Waals surface area contributed by atoms with E-state index in [1.807, 2.05) is 18.2 Å². The van der Waals surface area contributed by atoms with E-state index < -0.39 is 34.6 Å². The normalized spacial score (nSPS) is 10.8. The number of amides is 1. The molecule has 30 heavy (non-hydrogen) atoms. The fourth-order valence-electron chi connectivity index (χ4n) is 2.37. The average molecular weight is 409 g/mol. The molecule has 1 amide bonds. The van der Waals surface area contributed by atoms with Crippen molar-refractivity contribution in [3.8, 4) is 17.6 Å². The molecule has 2 N–H and O–H groups in total. The molecule has 0 radical (unpaired) electrons. The van der Waals surface area contributed by atoms with Crippen LogP contribution in [0, 0.1) is 28.8 Å². The maximum Gasteiger partial charge on any atom is 0.267 e. The van der Waals surface area contributed by atoms with Crippen LogP contribution in [0.15, 0.2) is 78.5 Å². The third-order valence-electron chi connectivity index (χ3n) is 3.86. The summed E-state index contributed by atoms with van der Waals surface area (Å²) in [5, 5.41) is 14.0. The van der Waals surface area contributed by atoms with Crippen LogP contribution in [0.5, 0.6) is 11.5 Å². The molecule has 0 unspecified atom stereocenters. The molecule has 0 fully saturated rings. The fraction of sp³-hybridized carbons (Fsp3) is 0. The van der Waals surface area contributed by atoms with Crippen LogP contribution in [0.25, 0.3) is 0 Å². The topological polar surface area (TPSA) is 74.2 Å². The van der Waals surface area contributed by atoms with Gasteiger partial charge in [0.25, 0.3) is 5.91 Å². The van der Waals surface area contributed by atoms with Gasteiger partial charge in [-0.1, -0.05) is 18.2 Å². The van der Waals surface area contributed by atoms with E-state index in [0.717, 1.165) is 18.3 Å². The molecule has 0 aromatic heterocycles. The van der Waals surface area contributed by atoms with Gasteiger partial charge >= 0.3 is 0 Å². The summed E-state index contributed by atoms with van der Waals surface area (Å²) >= 11 is 0. The van der Waals surface area contributed by atoms with E-state index in [1.54, 1.807) is 42.5 Å². The smallest absolute Gasteiger partial charge is 0.267 e. The van der Waals surface area contributed by atoms with Gasteiger partial charge in [0.1, 0.15) is 23.1 Å². The molecule has 8 heteroatoms. The van der Waals surface area contributed by atoms with Gasteiger partial charge in [0.2, 0.25) is 0 Å². The highest BCUT2D eigenvalue weighted by Crippen LogP contribution is 2.23. The lowest BCUT2D eigenvalue weighted by atomic mass is 10.2. The van der Waals surface area contributed by atoms with Crippen molar-refractivity contribution in [1.82, 2.24) is 0 Å². The summed E-state index contributed by atoms with van der Waals surface area (Å²) in [5.41, 5.74) is -0.429. The van der Waals surface area contributed by atoms with E-state index >= 15 is 0 Å². The van der Waals surface area contributed by atoms with Gasteiger partial charge in [-0.3, -0.25) is 4.79 Å². The number of carbonyl (C=O) groups is 1. The van der Waals surface area contributed by atoms with Gasteiger partial charge in [0, 0.05) is 11.9 Å². The summed E-state index contributed by atoms with van der Waals surface area (Å²) in [7, 11) is 0. The van der Waals surface area contributed by atoms with Crippen LogP contribution in [-0.2, 0) is 4.79 Å². The SMILES string of the molecule is N#C/C(=C/Nc1ccc(F)c(F)c1F)C(=O)Nc1ccc(Oc2ccccc2)cc1. The number of hydrogen-bond donors (Lipinski definition) is 2. The van der Waals surface area contributed by atoms with E-state index in [-0.39, 0.29) is 0 Å². The number of halogens is 3. The molecular weight excluding hydrogens is 395 g/mol. The molecule has 0 spiro atoms. The number of carbonyl (C=O) groups excluding carboxylic acids is 1. The molecule has 0 saturated carbocycles. The van der Waals surface area contributed by atoms with Crippen molar-refractivity contribution >= 4 is 17.3 Å². The van der Waals surface area contributed by atoms with Crippen LogP contribution in [0.3, 0.4) is 0 Å². The number of para-hydroxylation sites is 1. The molecule has 0 aliphatic carbocycles. The lowest BCUT2D eigenvalue weighted by molar-refractivity contribution is -0.112. The Hall–Kier alpha value is -4.25. The van der Waals surface area contributed by atoms with Crippen molar-refractivity contribution in [2.75, 3.05) is 10.6 Å². The van der Waals surface area contributed by atoms with Gasteiger partial charge in [0.05, 0.1) is 5.69 Å². The van der Waals surface area contributed by atoms with Gasteiger partial charge in [0.15, 0.2) is 17.5 Å². The predicted molar refractivity (Wildman–Crippen MR) is 105 cm³/mol. The highest BCUT2D eigenvalue weighted by atomic mass is 19.2. The number of benzene rings is 3. The van der Waals surface area contributed by atoms with Crippen molar-refractivity contribution in [3.05, 3.63) is 96.0 Å². The third kappa shape index (κ3) is 4.97. The number of nitrogens with zero attached hydrogens (tertiary/aromatic N) is 1. The lowest BCUT2D eigenvalue weighted by Crippen LogP contribution is -2.14. The Kier molecular flexibility index (Phi) is 6.35. The van der Waals surface area contributed by atoms with Crippen molar-refractivity contribution in [2.24, 2.45) is 0 Å². The van der Waals surface area contributed by atoms with Gasteiger partial charge in [-0.25, -0.2) is 13.2 Å². The molecule has 0 atom stereocenters. The van der Waals surface area contributed by atoms with Gasteiger partial charge < -0.3 is 15.4 Å². The summed E-state index contributed by atoms with van der Waals surface area (Å²) in [4.78, 5) is 12.2. The van der Waals surface area contributed by atoms with Gasteiger partial charge in [-0.2, -0.15) is 5.26 Å². The summed E-state index contributed by atoms with van der Waals surface area (Å²) in [6, 6.07) is 18.9. The monoisotopic (exact) mass is 409 g/mol. The molecule has 3 aromatic rings. The van der Waals surface area contributed by atoms with Crippen LogP contribution >= 0.6 is 0 Å². The summed E-state index contributed by atoms with van der Waals surface area (Å²) in [6.07, 6.45) is 0.901. The average Bonchev–Trinajstić information content (AvgIpc) is 2.76. The van der Waals surface area contributed by atoms with Crippen molar-refractivity contribution in [3.63, 3.8) is 0 Å². The molecule has 150 valence electrons. The number of nitrogens with one attached hydrogen (secondary N) is 2. The molecule has 5 nitrogen and oxygen atoms in total. The van der Waals surface area contributed by atoms with Crippen LogP contribution in [0.2, 0.25) is 0 Å². The van der Waals surface area contributed by atoms with Crippen LogP contribution in [-0.4, -0.2) is 5.91 Å². The number of nitriles is 1. The third-order valence-corrected chi connectivity index (χ3v) is 3.86. The molecular formula is C22H14F3N3O2. The first-order valence-corrected chi connectivity index (χ1v) is 8.62. The van der Waals surface area contributed by atoms with E-state index in [4.69, 9.17) is 10.00 Å². The zero-order chi connectivity index (χ0) is 21.5. The van der Waals surface area contributed by atoms with Crippen molar-refractivity contribution in [1.29, 1.82) is 5.26 Å². The second-order valence-electron chi connectivity index (χ2n) is 5.93. The van der Waals surface area contributed by atoms with E-state index in [0.29, 0.717) is 17.2 Å². The predicted octanol–water partition coefficient (Wildman–Crippen LogP) is 5.35. The first-order chi connectivity index (χ1) is 14.5. The lowest BCUT2D eigenvalue weighted by Gasteiger charge is -2.08. The zero-order valence-corrected chi connectivity index (χ0v) is 15.3. The summed E-state index contributed by atoms with van der Waals surface area (Å²) < 4.78 is 45.5. The molecule has 0 heterocycles. The van der Waals surface area contributed by atoms with Crippen molar-refractivity contribution in [2.45, 2.75) is 0 Å². The number of anilines is 2. The first kappa shape index (κ1) is 20.5. The summed E-state index contributed by atoms with van der Waals surface area (Å²) in [6.45, 7) is 0. The Bertz CT molecular complexity index is 1120. The Morgan fingerprint density at radius 2 is 1.57 bits per heavy atom.